The normalized spacial score (nSPS) is 17.2. The molecule has 0 atom stereocenters. The van der Waals surface area contributed by atoms with Crippen molar-refractivity contribution < 1.29 is 4.79 Å². The molecule has 1 fully saturated rings. The zero-order chi connectivity index (χ0) is 13.2. The molecule has 0 saturated carbocycles. The third-order valence-electron chi connectivity index (χ3n) is 3.45. The molecule has 4 nitrogen and oxygen atoms in total. The lowest BCUT2D eigenvalue weighted by Crippen LogP contribution is -2.49. The van der Waals surface area contributed by atoms with E-state index in [1.807, 2.05) is 11.0 Å². The second-order valence-electron chi connectivity index (χ2n) is 4.68. The summed E-state index contributed by atoms with van der Waals surface area (Å²) in [4.78, 5) is 17.6. The van der Waals surface area contributed by atoms with Crippen molar-refractivity contribution >= 4 is 38.0 Å². The maximum absolute atomic E-state index is 12.4. The molecule has 1 amide bonds. The second kappa shape index (κ2) is 5.58. The van der Waals surface area contributed by atoms with Crippen molar-refractivity contribution in [3.63, 3.8) is 0 Å². The van der Waals surface area contributed by atoms with Crippen molar-refractivity contribution in [2.75, 3.05) is 39.3 Å². The first-order chi connectivity index (χ1) is 9.28. The minimum Gasteiger partial charge on any atom is -0.335 e. The molecule has 0 aromatic carbocycles. The van der Waals surface area contributed by atoms with Crippen LogP contribution in [0.2, 0.25) is 0 Å². The first kappa shape index (κ1) is 13.1. The number of nitrogens with two attached hydrogens (primary N) is 1. The topological polar surface area (TPSA) is 49.6 Å². The van der Waals surface area contributed by atoms with Gasteiger partial charge in [-0.15, -0.1) is 22.7 Å². The number of hydrogen-bond donors (Lipinski definition) is 1. The molecule has 1 aliphatic heterocycles. The van der Waals surface area contributed by atoms with Crippen molar-refractivity contribution in [2.24, 2.45) is 5.73 Å². The van der Waals surface area contributed by atoms with Crippen LogP contribution in [0.5, 0.6) is 0 Å². The van der Waals surface area contributed by atoms with Gasteiger partial charge in [0.05, 0.1) is 4.88 Å². The molecular weight excluding hydrogens is 278 g/mol. The lowest BCUT2D eigenvalue weighted by Gasteiger charge is -2.34. The van der Waals surface area contributed by atoms with Crippen LogP contribution in [0.15, 0.2) is 17.5 Å². The summed E-state index contributed by atoms with van der Waals surface area (Å²) in [6.07, 6.45) is 0. The SMILES string of the molecule is NCCN1CCN(C(=O)c2cc3sccc3s2)CC1. The van der Waals surface area contributed by atoms with Crippen LogP contribution in [-0.4, -0.2) is 55.0 Å². The lowest BCUT2D eigenvalue weighted by molar-refractivity contribution is 0.0646. The molecule has 0 aliphatic carbocycles. The molecule has 19 heavy (non-hydrogen) atoms. The highest BCUT2D eigenvalue weighted by molar-refractivity contribution is 7.27. The van der Waals surface area contributed by atoms with E-state index in [4.69, 9.17) is 5.73 Å². The first-order valence-corrected chi connectivity index (χ1v) is 8.16. The third-order valence-corrected chi connectivity index (χ3v) is 5.54. The number of amides is 1. The van der Waals surface area contributed by atoms with E-state index in [-0.39, 0.29) is 5.91 Å². The van der Waals surface area contributed by atoms with E-state index in [1.54, 1.807) is 22.7 Å². The molecule has 2 aromatic rings. The zero-order valence-electron chi connectivity index (χ0n) is 10.7. The van der Waals surface area contributed by atoms with Crippen LogP contribution in [0.1, 0.15) is 9.67 Å². The van der Waals surface area contributed by atoms with Gasteiger partial charge in [-0.3, -0.25) is 9.69 Å². The van der Waals surface area contributed by atoms with Crippen LogP contribution < -0.4 is 5.73 Å². The average Bonchev–Trinajstić information content (AvgIpc) is 3.00. The van der Waals surface area contributed by atoms with E-state index < -0.39 is 0 Å². The molecule has 3 heterocycles. The van der Waals surface area contributed by atoms with E-state index >= 15 is 0 Å². The predicted molar refractivity (Wildman–Crippen MR) is 81.1 cm³/mol. The molecular formula is C13H17N3OS2. The van der Waals surface area contributed by atoms with Crippen LogP contribution in [0.25, 0.3) is 9.40 Å². The molecule has 2 aromatic heterocycles. The zero-order valence-corrected chi connectivity index (χ0v) is 12.3. The molecule has 102 valence electrons. The lowest BCUT2D eigenvalue weighted by atomic mass is 10.3. The van der Waals surface area contributed by atoms with Crippen molar-refractivity contribution in [1.82, 2.24) is 9.80 Å². The van der Waals surface area contributed by atoms with Crippen molar-refractivity contribution in [1.29, 1.82) is 0 Å². The fourth-order valence-electron chi connectivity index (χ4n) is 2.38. The van der Waals surface area contributed by atoms with E-state index in [0.717, 1.165) is 37.6 Å². The summed E-state index contributed by atoms with van der Waals surface area (Å²) >= 11 is 3.30. The van der Waals surface area contributed by atoms with Gasteiger partial charge in [-0.1, -0.05) is 0 Å². The Kier molecular flexibility index (Phi) is 3.83. The summed E-state index contributed by atoms with van der Waals surface area (Å²) < 4.78 is 2.44. The highest BCUT2D eigenvalue weighted by Gasteiger charge is 2.23. The quantitative estimate of drug-likeness (QED) is 0.937. The van der Waals surface area contributed by atoms with Crippen LogP contribution in [0.4, 0.5) is 0 Å². The summed E-state index contributed by atoms with van der Waals surface area (Å²) in [5.74, 6) is 0.181. The van der Waals surface area contributed by atoms with Gasteiger partial charge in [-0.05, 0) is 17.5 Å². The molecule has 6 heteroatoms. The number of piperazine rings is 1. The smallest absolute Gasteiger partial charge is 0.264 e. The molecule has 0 spiro atoms. The fraction of sp³-hybridized carbons (Fsp3) is 0.462. The van der Waals surface area contributed by atoms with E-state index in [9.17, 15) is 4.79 Å². The van der Waals surface area contributed by atoms with Gasteiger partial charge >= 0.3 is 0 Å². The molecule has 0 unspecified atom stereocenters. The molecule has 1 aliphatic rings. The van der Waals surface area contributed by atoms with Gasteiger partial charge < -0.3 is 10.6 Å². The third kappa shape index (κ3) is 2.67. The summed E-state index contributed by atoms with van der Waals surface area (Å²) in [5, 5.41) is 2.07. The van der Waals surface area contributed by atoms with Crippen LogP contribution >= 0.6 is 22.7 Å². The van der Waals surface area contributed by atoms with Gasteiger partial charge in [-0.25, -0.2) is 0 Å². The van der Waals surface area contributed by atoms with E-state index in [2.05, 4.69) is 16.3 Å². The summed E-state index contributed by atoms with van der Waals surface area (Å²) in [6, 6.07) is 4.11. The van der Waals surface area contributed by atoms with Gasteiger partial charge in [0.25, 0.3) is 5.91 Å². The van der Waals surface area contributed by atoms with Crippen molar-refractivity contribution in [3.8, 4) is 0 Å². The van der Waals surface area contributed by atoms with E-state index in [1.165, 1.54) is 9.40 Å². The molecule has 0 bridgehead atoms. The largest absolute Gasteiger partial charge is 0.335 e. The maximum atomic E-state index is 12.4. The number of rotatable bonds is 3. The van der Waals surface area contributed by atoms with Crippen LogP contribution in [0, 0.1) is 0 Å². The van der Waals surface area contributed by atoms with Crippen molar-refractivity contribution in [2.45, 2.75) is 0 Å². The van der Waals surface area contributed by atoms with Crippen molar-refractivity contribution in [3.05, 3.63) is 22.4 Å². The Balaban J connectivity index is 1.66. The monoisotopic (exact) mass is 295 g/mol. The van der Waals surface area contributed by atoms with Gasteiger partial charge in [0.15, 0.2) is 0 Å². The number of carbonyl (C=O) groups is 1. The molecule has 2 N–H and O–H groups in total. The number of hydrogen-bond acceptors (Lipinski definition) is 5. The minimum atomic E-state index is 0.181. The minimum absolute atomic E-state index is 0.181. The standard InChI is InChI=1S/C13H17N3OS2/c14-2-3-15-4-6-16(7-5-15)13(17)12-9-11-10(19-12)1-8-18-11/h1,8-9H,2-7,14H2. The Labute approximate surface area is 120 Å². The van der Waals surface area contributed by atoms with Gasteiger partial charge in [0.2, 0.25) is 0 Å². The Morgan fingerprint density at radius 3 is 2.74 bits per heavy atom. The second-order valence-corrected chi connectivity index (χ2v) is 6.71. The highest BCUT2D eigenvalue weighted by Crippen LogP contribution is 2.30. The average molecular weight is 295 g/mol. The molecule has 1 saturated heterocycles. The number of thiophene rings is 2. The van der Waals surface area contributed by atoms with Gasteiger partial charge in [-0.2, -0.15) is 0 Å². The van der Waals surface area contributed by atoms with E-state index in [0.29, 0.717) is 6.54 Å². The number of nitrogens with zero attached hydrogens (tertiary/aromatic N) is 2. The molecule has 0 radical (unpaired) electrons. The number of carbonyl (C=O) groups excluding carboxylic acids is 1. The molecule has 3 rings (SSSR count). The Morgan fingerprint density at radius 1 is 1.26 bits per heavy atom. The van der Waals surface area contributed by atoms with Crippen LogP contribution in [-0.2, 0) is 0 Å². The maximum Gasteiger partial charge on any atom is 0.264 e. The fourth-order valence-corrected chi connectivity index (χ4v) is 4.46. The Hall–Kier alpha value is -0.950. The predicted octanol–water partition coefficient (Wildman–Crippen LogP) is 1.68. The van der Waals surface area contributed by atoms with Crippen LogP contribution in [0.3, 0.4) is 0 Å². The summed E-state index contributed by atoms with van der Waals surface area (Å²) in [7, 11) is 0. The highest BCUT2D eigenvalue weighted by atomic mass is 32.1. The Morgan fingerprint density at radius 2 is 2.05 bits per heavy atom. The van der Waals surface area contributed by atoms with Gasteiger partial charge in [0, 0.05) is 48.7 Å². The van der Waals surface area contributed by atoms with Gasteiger partial charge in [0.1, 0.15) is 0 Å². The number of fused-ring (bicyclic) bond motifs is 1. The first-order valence-electron chi connectivity index (χ1n) is 6.46. The summed E-state index contributed by atoms with van der Waals surface area (Å²) in [5.41, 5.74) is 5.56. The Bertz CT molecular complexity index is 541. The summed E-state index contributed by atoms with van der Waals surface area (Å²) in [6.45, 7) is 5.10.